The zero-order valence-electron chi connectivity index (χ0n) is 29.1. The van der Waals surface area contributed by atoms with E-state index in [1.54, 1.807) is 0 Å². The number of unbranched alkanes of at least 4 members (excludes halogenated alkanes) is 16. The maximum absolute atomic E-state index is 12.0. The van der Waals surface area contributed by atoms with Crippen LogP contribution in [0.15, 0.2) is 36.5 Å². The number of aliphatic hydroxyl groups is 1. The first-order chi connectivity index (χ1) is 22.1. The summed E-state index contributed by atoms with van der Waals surface area (Å²) in [6.45, 7) is 4.20. The SMILES string of the molecule is CCCCC/C=C\C/C=C\CC1OC1C/C=C\CCCC(=O)OC[C@@H](O)COC(=O)CCCCCCCCCCCCCCC. The summed E-state index contributed by atoms with van der Waals surface area (Å²) < 4.78 is 16.0. The zero-order chi connectivity index (χ0) is 32.6. The number of hydrogen-bond donors (Lipinski definition) is 1. The van der Waals surface area contributed by atoms with Crippen LogP contribution in [-0.4, -0.2) is 48.6 Å². The minimum Gasteiger partial charge on any atom is -0.463 e. The predicted molar refractivity (Wildman–Crippen MR) is 186 cm³/mol. The number of rotatable bonds is 32. The molecule has 0 amide bonds. The molecule has 0 spiro atoms. The highest BCUT2D eigenvalue weighted by Gasteiger charge is 2.35. The van der Waals surface area contributed by atoms with Gasteiger partial charge < -0.3 is 19.3 Å². The van der Waals surface area contributed by atoms with E-state index in [1.165, 1.54) is 89.9 Å². The van der Waals surface area contributed by atoms with Crippen LogP contribution >= 0.6 is 0 Å². The summed E-state index contributed by atoms with van der Waals surface area (Å²) in [6, 6.07) is 0. The van der Waals surface area contributed by atoms with Crippen molar-refractivity contribution in [3.05, 3.63) is 36.5 Å². The average Bonchev–Trinajstić information content (AvgIpc) is 3.79. The average molecular weight is 633 g/mol. The molecule has 45 heavy (non-hydrogen) atoms. The maximum Gasteiger partial charge on any atom is 0.305 e. The third-order valence-electron chi connectivity index (χ3n) is 8.28. The van der Waals surface area contributed by atoms with Crippen LogP contribution in [0.2, 0.25) is 0 Å². The molecule has 0 aromatic carbocycles. The summed E-state index contributed by atoms with van der Waals surface area (Å²) in [4.78, 5) is 23.9. The maximum atomic E-state index is 12.0. The molecule has 0 aliphatic carbocycles. The van der Waals surface area contributed by atoms with Gasteiger partial charge in [0, 0.05) is 12.8 Å². The molecule has 6 nitrogen and oxygen atoms in total. The Morgan fingerprint density at radius 1 is 0.578 bits per heavy atom. The molecule has 1 heterocycles. The van der Waals surface area contributed by atoms with Crippen molar-refractivity contribution in [2.24, 2.45) is 0 Å². The molecule has 0 aromatic rings. The molecule has 0 saturated carbocycles. The van der Waals surface area contributed by atoms with Gasteiger partial charge in [0.05, 0.1) is 12.2 Å². The van der Waals surface area contributed by atoms with Crippen LogP contribution in [0.4, 0.5) is 0 Å². The summed E-state index contributed by atoms with van der Waals surface area (Å²) in [5, 5.41) is 10.00. The molecule has 6 heteroatoms. The lowest BCUT2D eigenvalue weighted by Gasteiger charge is -2.12. The van der Waals surface area contributed by atoms with Crippen LogP contribution < -0.4 is 0 Å². The van der Waals surface area contributed by atoms with Gasteiger partial charge in [-0.05, 0) is 51.4 Å². The number of epoxide rings is 1. The van der Waals surface area contributed by atoms with Gasteiger partial charge in [-0.15, -0.1) is 0 Å². The predicted octanol–water partition coefficient (Wildman–Crippen LogP) is 10.3. The number of aliphatic hydroxyl groups excluding tert-OH is 1. The Kier molecular flexibility index (Phi) is 28.1. The Labute approximate surface area is 276 Å². The minimum absolute atomic E-state index is 0.135. The van der Waals surface area contributed by atoms with Crippen LogP contribution in [0.25, 0.3) is 0 Å². The quantitative estimate of drug-likeness (QED) is 0.0344. The van der Waals surface area contributed by atoms with Gasteiger partial charge in [0.1, 0.15) is 19.3 Å². The molecule has 2 unspecified atom stereocenters. The molecule has 1 rings (SSSR count). The van der Waals surface area contributed by atoms with Crippen LogP contribution in [0.1, 0.15) is 168 Å². The smallest absolute Gasteiger partial charge is 0.305 e. The standard InChI is InChI=1S/C39H68O6/c1-3-5-7-9-11-13-14-15-16-18-20-22-27-31-38(41)43-33-35(40)34-44-39(42)32-28-24-23-26-30-37-36(45-37)29-25-21-19-17-12-10-8-6-4-2/h12,17,21,23,25-26,35-37,40H,3-11,13-16,18-20,22,24,27-34H2,1-2H3/b17-12-,25-21-,26-23-/t35-,36?,37?/m0/s1. The summed E-state index contributed by atoms with van der Waals surface area (Å²) in [6.07, 6.45) is 39.4. The lowest BCUT2D eigenvalue weighted by atomic mass is 10.0. The Hall–Kier alpha value is -1.92. The van der Waals surface area contributed by atoms with Crippen molar-refractivity contribution in [2.45, 2.75) is 186 Å². The van der Waals surface area contributed by atoms with Gasteiger partial charge in [0.15, 0.2) is 0 Å². The molecular formula is C39H68O6. The van der Waals surface area contributed by atoms with E-state index in [0.29, 0.717) is 31.5 Å². The van der Waals surface area contributed by atoms with E-state index in [-0.39, 0.29) is 25.2 Å². The zero-order valence-corrected chi connectivity index (χ0v) is 29.1. The summed E-state index contributed by atoms with van der Waals surface area (Å²) in [5.74, 6) is -0.635. The fourth-order valence-electron chi connectivity index (χ4n) is 5.30. The Bertz CT molecular complexity index is 788. The van der Waals surface area contributed by atoms with Crippen molar-refractivity contribution in [2.75, 3.05) is 13.2 Å². The molecule has 0 aromatic heterocycles. The highest BCUT2D eigenvalue weighted by atomic mass is 16.6. The second-order valence-corrected chi connectivity index (χ2v) is 12.7. The van der Waals surface area contributed by atoms with Gasteiger partial charge in [0.25, 0.3) is 0 Å². The van der Waals surface area contributed by atoms with Gasteiger partial charge in [-0.3, -0.25) is 9.59 Å². The van der Waals surface area contributed by atoms with Gasteiger partial charge in [-0.1, -0.05) is 140 Å². The molecular weight excluding hydrogens is 564 g/mol. The fraction of sp³-hybridized carbons (Fsp3) is 0.795. The number of hydrogen-bond acceptors (Lipinski definition) is 6. The Morgan fingerprint density at radius 3 is 1.58 bits per heavy atom. The van der Waals surface area contributed by atoms with Crippen molar-refractivity contribution >= 4 is 11.9 Å². The number of esters is 2. The summed E-state index contributed by atoms with van der Waals surface area (Å²) >= 11 is 0. The van der Waals surface area contributed by atoms with Gasteiger partial charge in [-0.2, -0.15) is 0 Å². The summed E-state index contributed by atoms with van der Waals surface area (Å²) in [5.41, 5.74) is 0. The lowest BCUT2D eigenvalue weighted by Crippen LogP contribution is -2.25. The van der Waals surface area contributed by atoms with Crippen LogP contribution in [-0.2, 0) is 23.8 Å². The first-order valence-corrected chi connectivity index (χ1v) is 18.7. The van der Waals surface area contributed by atoms with Crippen LogP contribution in [0.3, 0.4) is 0 Å². The van der Waals surface area contributed by atoms with Crippen molar-refractivity contribution in [1.82, 2.24) is 0 Å². The highest BCUT2D eigenvalue weighted by Crippen LogP contribution is 2.29. The summed E-state index contributed by atoms with van der Waals surface area (Å²) in [7, 11) is 0. The van der Waals surface area contributed by atoms with E-state index in [2.05, 4.69) is 50.3 Å². The van der Waals surface area contributed by atoms with Crippen molar-refractivity contribution in [3.8, 4) is 0 Å². The van der Waals surface area contributed by atoms with Gasteiger partial charge >= 0.3 is 11.9 Å². The molecule has 260 valence electrons. The van der Waals surface area contributed by atoms with E-state index in [0.717, 1.165) is 44.9 Å². The van der Waals surface area contributed by atoms with Crippen molar-refractivity contribution < 1.29 is 28.9 Å². The topological polar surface area (TPSA) is 85.4 Å². The van der Waals surface area contributed by atoms with E-state index in [1.807, 2.05) is 0 Å². The molecule has 1 fully saturated rings. The van der Waals surface area contributed by atoms with E-state index in [4.69, 9.17) is 14.2 Å². The van der Waals surface area contributed by atoms with E-state index in [9.17, 15) is 14.7 Å². The van der Waals surface area contributed by atoms with Crippen molar-refractivity contribution in [1.29, 1.82) is 0 Å². The molecule has 0 bridgehead atoms. The van der Waals surface area contributed by atoms with Crippen LogP contribution in [0, 0.1) is 0 Å². The molecule has 1 N–H and O–H groups in total. The van der Waals surface area contributed by atoms with Gasteiger partial charge in [0.2, 0.25) is 0 Å². The first kappa shape index (κ1) is 41.1. The molecule has 3 atom stereocenters. The number of carbonyl (C=O) groups is 2. The first-order valence-electron chi connectivity index (χ1n) is 18.7. The fourth-order valence-corrected chi connectivity index (χ4v) is 5.30. The molecule has 1 aliphatic rings. The number of ether oxygens (including phenoxy) is 3. The third kappa shape index (κ3) is 28.1. The Morgan fingerprint density at radius 2 is 1.00 bits per heavy atom. The normalized spacial score (nSPS) is 17.0. The highest BCUT2D eigenvalue weighted by molar-refractivity contribution is 5.69. The molecule has 0 radical (unpaired) electrons. The Balaban J connectivity index is 1.88. The number of allylic oxidation sites excluding steroid dienone is 4. The van der Waals surface area contributed by atoms with Gasteiger partial charge in [-0.25, -0.2) is 0 Å². The largest absolute Gasteiger partial charge is 0.463 e. The third-order valence-corrected chi connectivity index (χ3v) is 8.28. The van der Waals surface area contributed by atoms with Crippen LogP contribution in [0.5, 0.6) is 0 Å². The monoisotopic (exact) mass is 633 g/mol. The van der Waals surface area contributed by atoms with E-state index < -0.39 is 6.10 Å². The number of carbonyl (C=O) groups excluding carboxylic acids is 2. The second-order valence-electron chi connectivity index (χ2n) is 12.7. The van der Waals surface area contributed by atoms with Crippen molar-refractivity contribution in [3.63, 3.8) is 0 Å². The van der Waals surface area contributed by atoms with E-state index >= 15 is 0 Å². The molecule has 1 saturated heterocycles. The molecule has 1 aliphatic heterocycles. The second kappa shape index (κ2) is 30.7. The lowest BCUT2D eigenvalue weighted by molar-refractivity contribution is -0.152. The minimum atomic E-state index is -0.988.